The van der Waals surface area contributed by atoms with Crippen molar-refractivity contribution in [2.24, 2.45) is 11.8 Å². The maximum Gasteiger partial charge on any atom is 0.582 e. The van der Waals surface area contributed by atoms with Gasteiger partial charge >= 0.3 is 13.9 Å². The normalized spacial score (nSPS) is 32.4. The van der Waals surface area contributed by atoms with Crippen molar-refractivity contribution in [3.63, 3.8) is 0 Å². The lowest BCUT2D eigenvalue weighted by Gasteiger charge is -2.33. The Morgan fingerprint density at radius 2 is 1.83 bits per heavy atom. The number of hydrogen-bond acceptors (Lipinski definition) is 16. The van der Waals surface area contributed by atoms with Crippen molar-refractivity contribution in [2.45, 2.75) is 49.5 Å². The third kappa shape index (κ3) is 5.81. The fourth-order valence-corrected chi connectivity index (χ4v) is 7.73. The fourth-order valence-electron chi connectivity index (χ4n) is 5.85. The summed E-state index contributed by atoms with van der Waals surface area (Å²) in [7, 11) is -2.35. The van der Waals surface area contributed by atoms with Crippen LogP contribution in [0.4, 0.5) is 16.2 Å². The first-order chi connectivity index (χ1) is 21.9. The Hall–Kier alpha value is -2.75. The van der Waals surface area contributed by atoms with E-state index in [4.69, 9.17) is 46.3 Å². The summed E-state index contributed by atoms with van der Waals surface area (Å²) in [6.07, 6.45) is -4.21. The topological polar surface area (TPSA) is 263 Å². The minimum Gasteiger partial charge on any atom is -0.387 e. The molecule has 3 aliphatic rings. The molecule has 4 aromatic heterocycles. The molecule has 7 unspecified atom stereocenters. The Kier molecular flexibility index (Phi) is 8.34. The molecule has 11 atom stereocenters. The number of imidazole rings is 2. The number of aromatic amines is 1. The number of aromatic nitrogens is 8. The zero-order valence-electron chi connectivity index (χ0n) is 23.2. The molecular weight excluding hydrogens is 693 g/mol. The highest BCUT2D eigenvalue weighted by atomic mass is 32.7. The molecule has 246 valence electrons. The lowest BCUT2D eigenvalue weighted by atomic mass is 10.1. The summed E-state index contributed by atoms with van der Waals surface area (Å²) in [5.74, 6) is -0.623. The van der Waals surface area contributed by atoms with Gasteiger partial charge in [0.05, 0.1) is 25.4 Å². The highest BCUT2D eigenvalue weighted by Crippen LogP contribution is 2.56. The number of rotatable bonds is 10. The Bertz CT molecular complexity index is 1930. The van der Waals surface area contributed by atoms with Gasteiger partial charge in [-0.3, -0.25) is 23.4 Å². The van der Waals surface area contributed by atoms with Gasteiger partial charge in [-0.15, -0.1) is 4.52 Å². The van der Waals surface area contributed by atoms with E-state index in [2.05, 4.69) is 42.2 Å². The summed E-state index contributed by atoms with van der Waals surface area (Å²) >= 11 is 9.01. The zero-order chi connectivity index (χ0) is 32.5. The number of alkyl halides is 1. The van der Waals surface area contributed by atoms with E-state index in [0.717, 1.165) is 0 Å². The lowest BCUT2D eigenvalue weighted by molar-refractivity contribution is -0.146. The van der Waals surface area contributed by atoms with Crippen LogP contribution in [0.1, 0.15) is 18.9 Å². The minimum atomic E-state index is -4.17. The van der Waals surface area contributed by atoms with Crippen LogP contribution in [0.5, 0.6) is 0 Å². The fraction of sp³-hybridized carbons (Fsp3) is 0.545. The van der Waals surface area contributed by atoms with Crippen molar-refractivity contribution in [2.75, 3.05) is 24.7 Å². The molecule has 0 spiro atoms. The largest absolute Gasteiger partial charge is 0.582 e. The minimum absolute atomic E-state index is 0.0118. The summed E-state index contributed by atoms with van der Waals surface area (Å²) in [6, 6.07) is 0. The van der Waals surface area contributed by atoms with Crippen LogP contribution in [0, 0.1) is 11.8 Å². The van der Waals surface area contributed by atoms with Gasteiger partial charge < -0.3 is 35.5 Å². The number of anilines is 2. The van der Waals surface area contributed by atoms with Crippen molar-refractivity contribution in [1.29, 1.82) is 0 Å². The number of halogens is 1. The first kappa shape index (κ1) is 31.8. The summed E-state index contributed by atoms with van der Waals surface area (Å²) in [6.45, 7) is -4.82. The van der Waals surface area contributed by atoms with Gasteiger partial charge in [0.2, 0.25) is 5.95 Å². The number of thiol groups is 1. The second-order valence-electron chi connectivity index (χ2n) is 10.9. The number of nitrogens with one attached hydrogen (secondary N) is 1. The third-order valence-corrected chi connectivity index (χ3v) is 10.3. The average molecular weight is 720 g/mol. The maximum atomic E-state index is 15.4. The van der Waals surface area contributed by atoms with Crippen LogP contribution < -0.4 is 17.0 Å². The Morgan fingerprint density at radius 3 is 2.59 bits per heavy atom. The Labute approximate surface area is 268 Å². The van der Waals surface area contributed by atoms with Gasteiger partial charge in [-0.25, -0.2) is 24.3 Å². The third-order valence-electron chi connectivity index (χ3n) is 8.07. The first-order valence-electron chi connectivity index (χ1n) is 13.6. The van der Waals surface area contributed by atoms with E-state index in [1.165, 1.54) is 28.1 Å². The predicted octanol–water partition coefficient (Wildman–Crippen LogP) is 0.476. The Balaban J connectivity index is 1.10. The van der Waals surface area contributed by atoms with Crippen LogP contribution in [0.3, 0.4) is 0 Å². The van der Waals surface area contributed by atoms with Crippen molar-refractivity contribution < 1.29 is 42.0 Å². The SMILES string of the molecule is Nc1nc2c(ncn2[C@@H]2O[C@H](CO[P+](=O)S)C(O)C2OP(O)(=S)OC[C@H]2O[C@@H](n3cnc4c(N)ncnc43)C(F)C3CC32)c(=O)[nH]1. The number of fused-ring (bicyclic) bond motifs is 3. The van der Waals surface area contributed by atoms with Crippen LogP contribution in [0.15, 0.2) is 23.8 Å². The molecule has 0 radical (unpaired) electrons. The molecular formula is C22H26FN10O9P2S2+. The van der Waals surface area contributed by atoms with Crippen molar-refractivity contribution in [3.8, 4) is 0 Å². The zero-order valence-corrected chi connectivity index (χ0v) is 26.7. The molecule has 19 nitrogen and oxygen atoms in total. The highest BCUT2D eigenvalue weighted by Gasteiger charge is 2.57. The van der Waals surface area contributed by atoms with E-state index in [-0.39, 0.29) is 48.0 Å². The first-order valence-corrected chi connectivity index (χ1v) is 18.6. The standard InChI is InChI=1S/C22H25FN10O9P2S2/c23-11-8-1-7(8)9(40-20(11)32-5-28-12-16(24)26-4-27-17(12)32)3-39-44(37,46)42-15-14(34)10(2-38-43(36)45)41-21(15)33-6-29-13-18(33)30-22(25)31-19(13)35/h4-11,14-15,20-21,34H,1-3H2,(H6-,24,25,26,27,30,31,35,36,37,45,46)/p+1/t7?,8?,9-,10-,11?,14?,15?,20-,21-,44?/m1/s1. The molecule has 4 aromatic rings. The molecule has 24 heteroatoms. The molecule has 46 heavy (non-hydrogen) atoms. The Morgan fingerprint density at radius 1 is 1.11 bits per heavy atom. The van der Waals surface area contributed by atoms with Gasteiger partial charge in [0.25, 0.3) is 5.56 Å². The molecule has 0 bridgehead atoms. The molecule has 1 aliphatic carbocycles. The number of H-pyrrole nitrogens is 1. The van der Waals surface area contributed by atoms with Gasteiger partial charge in [-0.1, -0.05) is 0 Å². The van der Waals surface area contributed by atoms with Gasteiger partial charge in [0.1, 0.15) is 55.2 Å². The van der Waals surface area contributed by atoms with Crippen LogP contribution in [-0.2, 0) is 39.4 Å². The molecule has 2 aliphatic heterocycles. The van der Waals surface area contributed by atoms with E-state index < -0.39 is 62.6 Å². The van der Waals surface area contributed by atoms with Crippen LogP contribution in [0.2, 0.25) is 0 Å². The quantitative estimate of drug-likeness (QED) is 0.0961. The van der Waals surface area contributed by atoms with Gasteiger partial charge in [-0.2, -0.15) is 4.98 Å². The van der Waals surface area contributed by atoms with E-state index >= 15 is 4.39 Å². The number of hydrogen-bond donors (Lipinski definition) is 6. The molecule has 1 saturated carbocycles. The molecule has 6 heterocycles. The molecule has 7 rings (SSSR count). The summed E-state index contributed by atoms with van der Waals surface area (Å²) < 4.78 is 58.1. The number of ether oxygens (including phenoxy) is 2. The lowest BCUT2D eigenvalue weighted by Crippen LogP contribution is -2.38. The van der Waals surface area contributed by atoms with Crippen LogP contribution >= 0.6 is 26.2 Å². The second kappa shape index (κ2) is 12.0. The van der Waals surface area contributed by atoms with Gasteiger partial charge in [0.15, 0.2) is 35.1 Å². The average Bonchev–Trinajstić information content (AvgIpc) is 3.37. The molecule has 0 aromatic carbocycles. The number of nitrogens with zero attached hydrogens (tertiary/aromatic N) is 7. The summed E-state index contributed by atoms with van der Waals surface area (Å²) in [5, 5.41) is 11.1. The highest BCUT2D eigenvalue weighted by molar-refractivity contribution is 8.39. The summed E-state index contributed by atoms with van der Waals surface area (Å²) in [4.78, 5) is 46.2. The monoisotopic (exact) mass is 719 g/mol. The van der Waals surface area contributed by atoms with Gasteiger partial charge in [-0.05, 0) is 28.7 Å². The van der Waals surface area contributed by atoms with Crippen molar-refractivity contribution >= 4 is 72.1 Å². The number of aliphatic hydroxyl groups excluding tert-OH is 1. The van der Waals surface area contributed by atoms with Crippen LogP contribution in [0.25, 0.3) is 22.3 Å². The maximum absolute atomic E-state index is 15.4. The molecule has 0 amide bonds. The van der Waals surface area contributed by atoms with E-state index in [1.807, 2.05) is 0 Å². The molecule has 2 saturated heterocycles. The van der Waals surface area contributed by atoms with Gasteiger partial charge in [0, 0.05) is 5.92 Å². The predicted molar refractivity (Wildman–Crippen MR) is 162 cm³/mol. The van der Waals surface area contributed by atoms with Crippen molar-refractivity contribution in [3.05, 3.63) is 29.3 Å². The number of aliphatic hydroxyl groups is 1. The molecule has 3 fully saturated rings. The van der Waals surface area contributed by atoms with E-state index in [9.17, 15) is 19.4 Å². The van der Waals surface area contributed by atoms with E-state index in [1.54, 1.807) is 0 Å². The second-order valence-corrected chi connectivity index (χ2v) is 15.4. The smallest absolute Gasteiger partial charge is 0.387 e. The molecule has 7 N–H and O–H groups in total. The van der Waals surface area contributed by atoms with Crippen molar-refractivity contribution in [1.82, 2.24) is 39.0 Å². The van der Waals surface area contributed by atoms with E-state index in [0.29, 0.717) is 17.6 Å². The number of nitrogen functional groups attached to an aromatic ring is 2. The summed E-state index contributed by atoms with van der Waals surface area (Å²) in [5.41, 5.74) is 11.5. The number of nitrogens with two attached hydrogens (primary N) is 2. The van der Waals surface area contributed by atoms with Crippen LogP contribution in [-0.4, -0.2) is 92.8 Å².